The normalized spacial score (nSPS) is 17.3. The maximum Gasteiger partial charge on any atom is 0.309 e. The Hall–Kier alpha value is -1.95. The molecule has 0 radical (unpaired) electrons. The fourth-order valence-electron chi connectivity index (χ4n) is 2.91. The molecule has 0 spiro atoms. The van der Waals surface area contributed by atoms with E-state index < -0.39 is 0 Å². The van der Waals surface area contributed by atoms with Gasteiger partial charge in [0.1, 0.15) is 5.82 Å². The molecule has 0 aromatic heterocycles. The third-order valence-corrected chi connectivity index (χ3v) is 4.32. The summed E-state index contributed by atoms with van der Waals surface area (Å²) in [6.45, 7) is 5.81. The van der Waals surface area contributed by atoms with Gasteiger partial charge in [-0.05, 0) is 57.5 Å². The average molecular weight is 336 g/mol. The molecule has 1 unspecified atom stereocenters. The molecule has 1 aromatic rings. The average Bonchev–Trinajstić information content (AvgIpc) is 2.56. The molecule has 0 bridgehead atoms. The van der Waals surface area contributed by atoms with Crippen LogP contribution in [-0.4, -0.2) is 43.0 Å². The first-order chi connectivity index (χ1) is 11.5. The lowest BCUT2D eigenvalue weighted by Crippen LogP contribution is -2.43. The maximum atomic E-state index is 12.9. The van der Waals surface area contributed by atoms with E-state index in [4.69, 9.17) is 4.74 Å². The Labute approximate surface area is 142 Å². The Morgan fingerprint density at radius 2 is 1.92 bits per heavy atom. The fraction of sp³-hybridized carbons (Fsp3) is 0.556. The summed E-state index contributed by atoms with van der Waals surface area (Å²) in [5.41, 5.74) is 0.866. The molecule has 132 valence electrons. The minimum atomic E-state index is -0.290. The zero-order chi connectivity index (χ0) is 17.5. The molecule has 1 aromatic carbocycles. The monoisotopic (exact) mass is 336 g/mol. The Balaban J connectivity index is 1.75. The summed E-state index contributed by atoms with van der Waals surface area (Å²) in [4.78, 5) is 25.9. The predicted octanol–water partition coefficient (Wildman–Crippen LogP) is 2.28. The third-order valence-electron chi connectivity index (χ3n) is 4.32. The molecular formula is C18H25FN2O3. The van der Waals surface area contributed by atoms with Crippen molar-refractivity contribution in [2.75, 3.05) is 26.2 Å². The molecule has 1 amide bonds. The Kier molecular flexibility index (Phi) is 6.73. The number of hydrogen-bond donors (Lipinski definition) is 1. The van der Waals surface area contributed by atoms with E-state index in [0.717, 1.165) is 18.4 Å². The standard InChI is InChI=1S/C18H25FN2O3/c1-3-24-18(23)15-8-10-21(11-9-15)12-17(22)20-13(2)14-4-6-16(19)7-5-14/h4-7,13,15H,3,8-12H2,1-2H3,(H,20,22). The number of hydrogen-bond acceptors (Lipinski definition) is 4. The van der Waals surface area contributed by atoms with E-state index in [2.05, 4.69) is 5.32 Å². The number of halogens is 1. The van der Waals surface area contributed by atoms with Crippen molar-refractivity contribution in [2.45, 2.75) is 32.7 Å². The molecule has 1 fully saturated rings. The van der Waals surface area contributed by atoms with Crippen LogP contribution in [0, 0.1) is 11.7 Å². The van der Waals surface area contributed by atoms with Crippen LogP contribution in [0.3, 0.4) is 0 Å². The van der Waals surface area contributed by atoms with E-state index in [1.54, 1.807) is 19.1 Å². The van der Waals surface area contributed by atoms with Crippen molar-refractivity contribution in [3.63, 3.8) is 0 Å². The highest BCUT2D eigenvalue weighted by atomic mass is 19.1. The molecule has 0 saturated carbocycles. The zero-order valence-electron chi connectivity index (χ0n) is 14.3. The van der Waals surface area contributed by atoms with Gasteiger partial charge < -0.3 is 10.1 Å². The zero-order valence-corrected chi connectivity index (χ0v) is 14.3. The highest BCUT2D eigenvalue weighted by molar-refractivity contribution is 5.78. The van der Waals surface area contributed by atoms with Crippen molar-refractivity contribution in [3.05, 3.63) is 35.6 Å². The Morgan fingerprint density at radius 1 is 1.29 bits per heavy atom. The van der Waals surface area contributed by atoms with E-state index in [9.17, 15) is 14.0 Å². The van der Waals surface area contributed by atoms with Gasteiger partial charge in [-0.25, -0.2) is 4.39 Å². The maximum absolute atomic E-state index is 12.9. The summed E-state index contributed by atoms with van der Waals surface area (Å²) in [5, 5.41) is 2.92. The van der Waals surface area contributed by atoms with Crippen LogP contribution in [0.15, 0.2) is 24.3 Å². The lowest BCUT2D eigenvalue weighted by Gasteiger charge is -2.30. The number of ether oxygens (including phenoxy) is 1. The molecular weight excluding hydrogens is 311 g/mol. The number of amides is 1. The Bertz CT molecular complexity index is 554. The van der Waals surface area contributed by atoms with Crippen LogP contribution in [0.25, 0.3) is 0 Å². The van der Waals surface area contributed by atoms with Gasteiger partial charge in [-0.15, -0.1) is 0 Å². The summed E-state index contributed by atoms with van der Waals surface area (Å²) in [5.74, 6) is -0.544. The summed E-state index contributed by atoms with van der Waals surface area (Å²) in [7, 11) is 0. The number of carbonyl (C=O) groups is 2. The second-order valence-electron chi connectivity index (χ2n) is 6.14. The molecule has 1 N–H and O–H groups in total. The number of likely N-dealkylation sites (tertiary alicyclic amines) is 1. The molecule has 1 aliphatic rings. The van der Waals surface area contributed by atoms with Gasteiger partial charge in [0.25, 0.3) is 0 Å². The van der Waals surface area contributed by atoms with Crippen LogP contribution in [0.2, 0.25) is 0 Å². The summed E-state index contributed by atoms with van der Waals surface area (Å²) in [6, 6.07) is 5.95. The molecule has 0 aliphatic carbocycles. The minimum Gasteiger partial charge on any atom is -0.466 e. The van der Waals surface area contributed by atoms with Gasteiger partial charge in [0.15, 0.2) is 0 Å². The number of rotatable bonds is 6. The van der Waals surface area contributed by atoms with Gasteiger partial charge in [0, 0.05) is 0 Å². The quantitative estimate of drug-likeness (QED) is 0.810. The second-order valence-corrected chi connectivity index (χ2v) is 6.14. The van der Waals surface area contributed by atoms with Gasteiger partial charge in [-0.3, -0.25) is 14.5 Å². The first-order valence-corrected chi connectivity index (χ1v) is 8.43. The summed E-state index contributed by atoms with van der Waals surface area (Å²) >= 11 is 0. The van der Waals surface area contributed by atoms with Crippen LogP contribution < -0.4 is 5.32 Å². The van der Waals surface area contributed by atoms with E-state index >= 15 is 0 Å². The molecule has 1 heterocycles. The molecule has 1 saturated heterocycles. The van der Waals surface area contributed by atoms with Crippen LogP contribution in [0.1, 0.15) is 38.3 Å². The minimum absolute atomic E-state index is 0.0533. The van der Waals surface area contributed by atoms with E-state index in [1.807, 2.05) is 11.8 Å². The molecule has 5 nitrogen and oxygen atoms in total. The van der Waals surface area contributed by atoms with E-state index in [-0.39, 0.29) is 29.7 Å². The van der Waals surface area contributed by atoms with E-state index in [0.29, 0.717) is 26.2 Å². The topological polar surface area (TPSA) is 58.6 Å². The smallest absolute Gasteiger partial charge is 0.309 e. The van der Waals surface area contributed by atoms with Crippen molar-refractivity contribution >= 4 is 11.9 Å². The summed E-state index contributed by atoms with van der Waals surface area (Å²) < 4.78 is 18.0. The van der Waals surface area contributed by atoms with Gasteiger partial charge >= 0.3 is 5.97 Å². The molecule has 2 rings (SSSR count). The van der Waals surface area contributed by atoms with E-state index in [1.165, 1.54) is 12.1 Å². The van der Waals surface area contributed by atoms with Crippen molar-refractivity contribution in [2.24, 2.45) is 5.92 Å². The molecule has 1 atom stereocenters. The first-order valence-electron chi connectivity index (χ1n) is 8.43. The van der Waals surface area contributed by atoms with Gasteiger partial charge in [-0.1, -0.05) is 12.1 Å². The first kappa shape index (κ1) is 18.4. The highest BCUT2D eigenvalue weighted by Crippen LogP contribution is 2.18. The number of piperidine rings is 1. The molecule has 1 aliphatic heterocycles. The highest BCUT2D eigenvalue weighted by Gasteiger charge is 2.26. The van der Waals surface area contributed by atoms with Gasteiger partial charge in [0.05, 0.1) is 25.1 Å². The van der Waals surface area contributed by atoms with Crippen molar-refractivity contribution < 1.29 is 18.7 Å². The number of benzene rings is 1. The van der Waals surface area contributed by atoms with Crippen molar-refractivity contribution in [1.82, 2.24) is 10.2 Å². The number of nitrogens with one attached hydrogen (secondary N) is 1. The second kappa shape index (κ2) is 8.78. The van der Waals surface area contributed by atoms with Crippen molar-refractivity contribution in [1.29, 1.82) is 0 Å². The SMILES string of the molecule is CCOC(=O)C1CCN(CC(=O)NC(C)c2ccc(F)cc2)CC1. The van der Waals surface area contributed by atoms with Crippen LogP contribution in [0.4, 0.5) is 4.39 Å². The van der Waals surface area contributed by atoms with Crippen LogP contribution in [-0.2, 0) is 14.3 Å². The van der Waals surface area contributed by atoms with Gasteiger partial charge in [0.2, 0.25) is 5.91 Å². The lowest BCUT2D eigenvalue weighted by atomic mass is 9.97. The molecule has 24 heavy (non-hydrogen) atoms. The molecule has 6 heteroatoms. The van der Waals surface area contributed by atoms with Crippen LogP contribution >= 0.6 is 0 Å². The lowest BCUT2D eigenvalue weighted by molar-refractivity contribution is -0.149. The number of carbonyl (C=O) groups excluding carboxylic acids is 2. The number of nitrogens with zero attached hydrogens (tertiary/aromatic N) is 1. The summed E-state index contributed by atoms with van der Waals surface area (Å²) in [6.07, 6.45) is 1.44. The van der Waals surface area contributed by atoms with Gasteiger partial charge in [-0.2, -0.15) is 0 Å². The van der Waals surface area contributed by atoms with Crippen LogP contribution in [0.5, 0.6) is 0 Å². The largest absolute Gasteiger partial charge is 0.466 e. The third kappa shape index (κ3) is 5.30. The Morgan fingerprint density at radius 3 is 2.50 bits per heavy atom. The van der Waals surface area contributed by atoms with Crippen molar-refractivity contribution in [3.8, 4) is 0 Å². The predicted molar refractivity (Wildman–Crippen MR) is 88.8 cm³/mol. The fourth-order valence-corrected chi connectivity index (χ4v) is 2.91. The number of esters is 1.